The van der Waals surface area contributed by atoms with Crippen molar-refractivity contribution >= 4 is 12.0 Å². The molecule has 0 heterocycles. The van der Waals surface area contributed by atoms with Gasteiger partial charge >= 0.3 is 12.0 Å². The number of rotatable bonds is 6. The minimum atomic E-state index is -1.33. The lowest BCUT2D eigenvalue weighted by atomic mass is 10.0. The van der Waals surface area contributed by atoms with E-state index in [1.165, 1.54) is 12.5 Å². The minimum absolute atomic E-state index is 0.288. The van der Waals surface area contributed by atoms with Gasteiger partial charge in [0.1, 0.15) is 0 Å². The van der Waals surface area contributed by atoms with Gasteiger partial charge < -0.3 is 20.8 Å². The highest BCUT2D eigenvalue weighted by Gasteiger charge is 2.24. The predicted octanol–water partition coefficient (Wildman–Crippen LogP) is 1.44. The number of carbonyl (C=O) groups is 2. The number of carboxylic acids is 1. The number of aliphatic hydroxyl groups excluding tert-OH is 1. The van der Waals surface area contributed by atoms with Gasteiger partial charge in [-0.3, -0.25) is 0 Å². The largest absolute Gasteiger partial charge is 0.480 e. The lowest BCUT2D eigenvalue weighted by Crippen LogP contribution is -2.50. The Labute approximate surface area is 124 Å². The van der Waals surface area contributed by atoms with E-state index < -0.39 is 24.1 Å². The van der Waals surface area contributed by atoms with Crippen LogP contribution in [0.25, 0.3) is 0 Å². The van der Waals surface area contributed by atoms with E-state index in [2.05, 4.69) is 24.5 Å². The lowest BCUT2D eigenvalue weighted by molar-refractivity contribution is -0.141. The second-order valence-electron chi connectivity index (χ2n) is 5.28. The maximum Gasteiger partial charge on any atom is 0.328 e. The number of carboxylic acid groups (broad SMARTS) is 1. The van der Waals surface area contributed by atoms with Crippen LogP contribution < -0.4 is 10.6 Å². The molecule has 0 spiro atoms. The molecule has 0 bridgehead atoms. The van der Waals surface area contributed by atoms with Gasteiger partial charge in [-0.15, -0.1) is 0 Å². The Hall–Kier alpha value is -2.08. The second-order valence-corrected chi connectivity index (χ2v) is 5.28. The average Bonchev–Trinajstić information content (AvgIpc) is 2.42. The summed E-state index contributed by atoms with van der Waals surface area (Å²) in [6.45, 7) is 5.80. The number of urea groups is 1. The molecule has 0 aliphatic carbocycles. The van der Waals surface area contributed by atoms with Crippen LogP contribution >= 0.6 is 0 Å². The maximum atomic E-state index is 11.6. The molecule has 2 atom stereocenters. The molecule has 0 aliphatic rings. The van der Waals surface area contributed by atoms with Crippen LogP contribution in [-0.4, -0.2) is 34.4 Å². The highest BCUT2D eigenvalue weighted by Crippen LogP contribution is 2.14. The van der Waals surface area contributed by atoms with E-state index in [1.54, 1.807) is 0 Å². The van der Waals surface area contributed by atoms with Gasteiger partial charge in [0.2, 0.25) is 0 Å². The van der Waals surface area contributed by atoms with Crippen molar-refractivity contribution in [3.8, 4) is 0 Å². The highest BCUT2D eigenvalue weighted by molar-refractivity contribution is 5.82. The summed E-state index contributed by atoms with van der Waals surface area (Å²) in [5, 5.41) is 22.9. The Morgan fingerprint density at radius 2 is 1.71 bits per heavy atom. The fourth-order valence-electron chi connectivity index (χ4n) is 1.78. The molecule has 0 aromatic heterocycles. The van der Waals surface area contributed by atoms with Gasteiger partial charge in [-0.1, -0.05) is 38.1 Å². The molecule has 21 heavy (non-hydrogen) atoms. The number of benzene rings is 1. The molecule has 0 aliphatic heterocycles. The summed E-state index contributed by atoms with van der Waals surface area (Å²) in [5.41, 5.74) is 2.13. The molecule has 1 rings (SSSR count). The molecule has 0 saturated carbocycles. The van der Waals surface area contributed by atoms with Gasteiger partial charge in [0.15, 0.2) is 6.04 Å². The molecule has 6 heteroatoms. The zero-order valence-corrected chi connectivity index (χ0v) is 12.5. The van der Waals surface area contributed by atoms with Crippen LogP contribution in [0.3, 0.4) is 0 Å². The summed E-state index contributed by atoms with van der Waals surface area (Å²) >= 11 is 0. The molecule has 6 nitrogen and oxygen atoms in total. The zero-order valence-electron chi connectivity index (χ0n) is 12.5. The Bertz CT molecular complexity index is 483. The number of aliphatic hydroxyl groups is 1. The molecule has 116 valence electrons. The number of hydrogen-bond acceptors (Lipinski definition) is 3. The SMILES string of the molecule is CC(C)c1ccc(CNC(=O)NC(C(=O)O)C(C)O)cc1. The summed E-state index contributed by atoms with van der Waals surface area (Å²) in [6, 6.07) is 5.87. The van der Waals surface area contributed by atoms with E-state index in [1.807, 2.05) is 24.3 Å². The van der Waals surface area contributed by atoms with Gasteiger partial charge in [-0.05, 0) is 24.0 Å². The van der Waals surface area contributed by atoms with Crippen LogP contribution in [0, 0.1) is 0 Å². The number of nitrogens with one attached hydrogen (secondary N) is 2. The first-order chi connectivity index (χ1) is 9.81. The summed E-state index contributed by atoms with van der Waals surface area (Å²) in [7, 11) is 0. The first-order valence-corrected chi connectivity index (χ1v) is 6.85. The molecule has 2 amide bonds. The third-order valence-electron chi connectivity index (χ3n) is 3.13. The van der Waals surface area contributed by atoms with E-state index in [-0.39, 0.29) is 6.54 Å². The Kier molecular flexibility index (Phi) is 6.17. The monoisotopic (exact) mass is 294 g/mol. The van der Waals surface area contributed by atoms with E-state index in [9.17, 15) is 14.7 Å². The van der Waals surface area contributed by atoms with E-state index in [0.29, 0.717) is 5.92 Å². The molecule has 4 N–H and O–H groups in total. The molecule has 1 aromatic rings. The van der Waals surface area contributed by atoms with E-state index >= 15 is 0 Å². The molecule has 2 unspecified atom stereocenters. The van der Waals surface area contributed by atoms with Crippen molar-refractivity contribution < 1.29 is 19.8 Å². The van der Waals surface area contributed by atoms with Crippen LogP contribution in [0.4, 0.5) is 4.79 Å². The molecule has 1 aromatic carbocycles. The fraction of sp³-hybridized carbons (Fsp3) is 0.467. The highest BCUT2D eigenvalue weighted by atomic mass is 16.4. The van der Waals surface area contributed by atoms with Gasteiger partial charge in [0, 0.05) is 6.54 Å². The molecular weight excluding hydrogens is 272 g/mol. The summed E-state index contributed by atoms with van der Waals surface area (Å²) in [5.74, 6) is -0.834. The molecule has 0 saturated heterocycles. The molecule has 0 radical (unpaired) electrons. The first-order valence-electron chi connectivity index (χ1n) is 6.85. The topological polar surface area (TPSA) is 98.7 Å². The van der Waals surface area contributed by atoms with Crippen molar-refractivity contribution in [2.24, 2.45) is 0 Å². The van der Waals surface area contributed by atoms with Crippen LogP contribution in [0.5, 0.6) is 0 Å². The first kappa shape index (κ1) is 17.0. The summed E-state index contributed by atoms with van der Waals surface area (Å²) in [4.78, 5) is 22.5. The standard InChI is InChI=1S/C15H22N2O4/c1-9(2)12-6-4-11(5-7-12)8-16-15(21)17-13(10(3)18)14(19)20/h4-7,9-10,13,18H,8H2,1-3H3,(H,19,20)(H2,16,17,21). The van der Waals surface area contributed by atoms with Crippen molar-refractivity contribution in [3.05, 3.63) is 35.4 Å². The van der Waals surface area contributed by atoms with Gasteiger partial charge in [0.25, 0.3) is 0 Å². The zero-order chi connectivity index (χ0) is 16.0. The number of aliphatic carboxylic acids is 1. The normalized spacial score (nSPS) is 13.6. The quantitative estimate of drug-likeness (QED) is 0.638. The summed E-state index contributed by atoms with van der Waals surface area (Å²) < 4.78 is 0. The summed E-state index contributed by atoms with van der Waals surface area (Å²) in [6.07, 6.45) is -1.17. The maximum absolute atomic E-state index is 11.6. The van der Waals surface area contributed by atoms with Crippen molar-refractivity contribution in [1.82, 2.24) is 10.6 Å². The van der Waals surface area contributed by atoms with Gasteiger partial charge in [-0.25, -0.2) is 9.59 Å². The Balaban J connectivity index is 2.51. The Morgan fingerprint density at radius 3 is 2.14 bits per heavy atom. The van der Waals surface area contributed by atoms with Crippen molar-refractivity contribution in [1.29, 1.82) is 0 Å². The van der Waals surface area contributed by atoms with Gasteiger partial charge in [0.05, 0.1) is 6.10 Å². The minimum Gasteiger partial charge on any atom is -0.480 e. The van der Waals surface area contributed by atoms with Gasteiger partial charge in [-0.2, -0.15) is 0 Å². The van der Waals surface area contributed by atoms with E-state index in [4.69, 9.17) is 5.11 Å². The van der Waals surface area contributed by atoms with E-state index in [0.717, 1.165) is 5.56 Å². The van der Waals surface area contributed by atoms with Crippen LogP contribution in [0.1, 0.15) is 37.8 Å². The smallest absolute Gasteiger partial charge is 0.328 e. The van der Waals surface area contributed by atoms with Crippen LogP contribution in [-0.2, 0) is 11.3 Å². The van der Waals surface area contributed by atoms with Crippen molar-refractivity contribution in [3.63, 3.8) is 0 Å². The van der Waals surface area contributed by atoms with Crippen LogP contribution in [0.15, 0.2) is 24.3 Å². The third kappa shape index (κ3) is 5.43. The number of carbonyl (C=O) groups excluding carboxylic acids is 1. The average molecular weight is 294 g/mol. The second kappa shape index (κ2) is 7.64. The van der Waals surface area contributed by atoms with Crippen LogP contribution in [0.2, 0.25) is 0 Å². The third-order valence-corrected chi connectivity index (χ3v) is 3.13. The number of hydrogen-bond donors (Lipinski definition) is 4. The number of amides is 2. The predicted molar refractivity (Wildman–Crippen MR) is 79.0 cm³/mol. The molecular formula is C15H22N2O4. The van der Waals surface area contributed by atoms with Crippen molar-refractivity contribution in [2.45, 2.75) is 45.4 Å². The Morgan fingerprint density at radius 1 is 1.14 bits per heavy atom. The fourth-order valence-corrected chi connectivity index (χ4v) is 1.78. The van der Waals surface area contributed by atoms with Crippen molar-refractivity contribution in [2.75, 3.05) is 0 Å². The molecule has 0 fully saturated rings. The lowest BCUT2D eigenvalue weighted by Gasteiger charge is -2.17.